The summed E-state index contributed by atoms with van der Waals surface area (Å²) in [4.78, 5) is 19.6. The fourth-order valence-corrected chi connectivity index (χ4v) is 4.15. The molecule has 0 radical (unpaired) electrons. The Hall–Kier alpha value is -4.19. The summed E-state index contributed by atoms with van der Waals surface area (Å²) in [5, 5.41) is 7.38. The monoisotopic (exact) mass is 436 g/mol. The predicted octanol–water partition coefficient (Wildman–Crippen LogP) is 6.06. The van der Waals surface area contributed by atoms with Gasteiger partial charge in [-0.3, -0.25) is 4.90 Å². The molecule has 1 aliphatic heterocycles. The van der Waals surface area contributed by atoms with Gasteiger partial charge >= 0.3 is 6.03 Å². The highest BCUT2D eigenvalue weighted by Crippen LogP contribution is 2.39. The van der Waals surface area contributed by atoms with Crippen LogP contribution >= 0.6 is 0 Å². The molecule has 1 unspecified atom stereocenters. The Morgan fingerprint density at radius 1 is 0.879 bits per heavy atom. The smallest absolute Gasteiger partial charge is 0.326 e. The SMILES string of the molecule is CC1=C(c2nc(-c3cccc(C)c3)no2)C(c2ccc(C)cc2)NC(=O)N1c1ccccc1. The second kappa shape index (κ2) is 8.39. The molecular weight excluding hydrogens is 412 g/mol. The van der Waals surface area contributed by atoms with Crippen molar-refractivity contribution >= 4 is 17.3 Å². The summed E-state index contributed by atoms with van der Waals surface area (Å²) in [6, 6.07) is 25.0. The average molecular weight is 437 g/mol. The normalized spacial score (nSPS) is 16.2. The van der Waals surface area contributed by atoms with Crippen molar-refractivity contribution in [2.24, 2.45) is 0 Å². The number of nitrogens with zero attached hydrogens (tertiary/aromatic N) is 3. The summed E-state index contributed by atoms with van der Waals surface area (Å²) in [6.45, 7) is 5.98. The number of allylic oxidation sites excluding steroid dienone is 1. The number of benzene rings is 3. The van der Waals surface area contributed by atoms with Crippen LogP contribution in [0.15, 0.2) is 89.1 Å². The largest absolute Gasteiger partial charge is 0.334 e. The van der Waals surface area contributed by atoms with Gasteiger partial charge in [0, 0.05) is 11.3 Å². The number of rotatable bonds is 4. The van der Waals surface area contributed by atoms with Gasteiger partial charge in [0.2, 0.25) is 5.82 Å². The second-order valence-corrected chi connectivity index (χ2v) is 8.26. The summed E-state index contributed by atoms with van der Waals surface area (Å²) in [5.74, 6) is 0.898. The van der Waals surface area contributed by atoms with Crippen LogP contribution in [0.4, 0.5) is 10.5 Å². The first-order valence-electron chi connectivity index (χ1n) is 10.9. The molecular formula is C27H24N4O2. The molecule has 1 aromatic heterocycles. The highest BCUT2D eigenvalue weighted by Gasteiger charge is 2.36. The molecule has 5 rings (SSSR count). The minimum Gasteiger partial charge on any atom is -0.334 e. The Morgan fingerprint density at radius 3 is 2.36 bits per heavy atom. The number of hydrogen-bond donors (Lipinski definition) is 1. The van der Waals surface area contributed by atoms with Crippen LogP contribution in [-0.4, -0.2) is 16.2 Å². The van der Waals surface area contributed by atoms with Crippen molar-refractivity contribution in [2.45, 2.75) is 26.8 Å². The van der Waals surface area contributed by atoms with Crippen LogP contribution in [0.25, 0.3) is 17.0 Å². The molecule has 1 aliphatic rings. The van der Waals surface area contributed by atoms with Gasteiger partial charge < -0.3 is 9.84 Å². The molecule has 0 saturated carbocycles. The molecule has 0 bridgehead atoms. The lowest BCUT2D eigenvalue weighted by molar-refractivity contribution is 0.244. The second-order valence-electron chi connectivity index (χ2n) is 8.26. The third-order valence-corrected chi connectivity index (χ3v) is 5.84. The number of para-hydroxylation sites is 1. The van der Waals surface area contributed by atoms with E-state index >= 15 is 0 Å². The number of carbonyl (C=O) groups is 1. The number of carbonyl (C=O) groups excluding carboxylic acids is 1. The molecule has 4 aromatic rings. The summed E-state index contributed by atoms with van der Waals surface area (Å²) >= 11 is 0. The number of anilines is 1. The zero-order valence-corrected chi connectivity index (χ0v) is 18.7. The summed E-state index contributed by atoms with van der Waals surface area (Å²) < 4.78 is 5.77. The van der Waals surface area contributed by atoms with Gasteiger partial charge in [-0.1, -0.05) is 76.9 Å². The highest BCUT2D eigenvalue weighted by molar-refractivity contribution is 6.01. The Morgan fingerprint density at radius 2 is 1.64 bits per heavy atom. The molecule has 1 N–H and O–H groups in total. The summed E-state index contributed by atoms with van der Waals surface area (Å²) in [7, 11) is 0. The molecule has 33 heavy (non-hydrogen) atoms. The molecule has 0 fully saturated rings. The highest BCUT2D eigenvalue weighted by atomic mass is 16.5. The van der Waals surface area contributed by atoms with Gasteiger partial charge in [-0.15, -0.1) is 0 Å². The van der Waals surface area contributed by atoms with Crippen molar-refractivity contribution in [3.63, 3.8) is 0 Å². The fraction of sp³-hybridized carbons (Fsp3) is 0.148. The van der Waals surface area contributed by atoms with E-state index in [1.165, 1.54) is 0 Å². The number of amides is 2. The number of hydrogen-bond acceptors (Lipinski definition) is 4. The van der Waals surface area contributed by atoms with E-state index in [9.17, 15) is 4.79 Å². The van der Waals surface area contributed by atoms with Gasteiger partial charge in [0.25, 0.3) is 5.89 Å². The maximum atomic E-state index is 13.2. The molecule has 164 valence electrons. The van der Waals surface area contributed by atoms with Crippen molar-refractivity contribution in [1.29, 1.82) is 0 Å². The van der Waals surface area contributed by atoms with E-state index < -0.39 is 6.04 Å². The minimum atomic E-state index is -0.413. The van der Waals surface area contributed by atoms with Crippen molar-refractivity contribution in [3.05, 3.63) is 107 Å². The topological polar surface area (TPSA) is 71.3 Å². The molecule has 6 nitrogen and oxygen atoms in total. The van der Waals surface area contributed by atoms with Crippen LogP contribution in [0.1, 0.15) is 35.5 Å². The minimum absolute atomic E-state index is 0.202. The van der Waals surface area contributed by atoms with Gasteiger partial charge in [-0.05, 0) is 44.5 Å². The van der Waals surface area contributed by atoms with Crippen LogP contribution in [0.3, 0.4) is 0 Å². The zero-order valence-electron chi connectivity index (χ0n) is 18.7. The Bertz CT molecular complexity index is 1340. The van der Waals surface area contributed by atoms with Gasteiger partial charge in [-0.2, -0.15) is 4.98 Å². The maximum absolute atomic E-state index is 13.2. The predicted molar refractivity (Wildman–Crippen MR) is 128 cm³/mol. The third kappa shape index (κ3) is 3.91. The maximum Gasteiger partial charge on any atom is 0.326 e. The van der Waals surface area contributed by atoms with Gasteiger partial charge in [0.05, 0.1) is 17.3 Å². The number of aromatic nitrogens is 2. The molecule has 0 spiro atoms. The van der Waals surface area contributed by atoms with E-state index in [0.717, 1.165) is 39.2 Å². The number of urea groups is 1. The van der Waals surface area contributed by atoms with Crippen LogP contribution in [0.5, 0.6) is 0 Å². The van der Waals surface area contributed by atoms with Gasteiger partial charge in [-0.25, -0.2) is 4.79 Å². The van der Waals surface area contributed by atoms with Crippen molar-refractivity contribution < 1.29 is 9.32 Å². The van der Waals surface area contributed by atoms with Crippen molar-refractivity contribution in [2.75, 3.05) is 4.90 Å². The van der Waals surface area contributed by atoms with E-state index in [2.05, 4.69) is 10.5 Å². The van der Waals surface area contributed by atoms with E-state index in [4.69, 9.17) is 9.51 Å². The van der Waals surface area contributed by atoms with Crippen LogP contribution in [0.2, 0.25) is 0 Å². The van der Waals surface area contributed by atoms with Crippen LogP contribution in [-0.2, 0) is 0 Å². The Kier molecular flexibility index (Phi) is 5.26. The summed E-state index contributed by atoms with van der Waals surface area (Å²) in [6.07, 6.45) is 0. The van der Waals surface area contributed by atoms with Gasteiger partial charge in [0.15, 0.2) is 0 Å². The lowest BCUT2D eigenvalue weighted by atomic mass is 9.94. The summed E-state index contributed by atoms with van der Waals surface area (Å²) in [5.41, 5.74) is 6.39. The third-order valence-electron chi connectivity index (χ3n) is 5.84. The van der Waals surface area contributed by atoms with Crippen LogP contribution < -0.4 is 10.2 Å². The molecule has 0 aliphatic carbocycles. The van der Waals surface area contributed by atoms with E-state index in [1.807, 2.05) is 99.6 Å². The van der Waals surface area contributed by atoms with Crippen molar-refractivity contribution in [3.8, 4) is 11.4 Å². The first-order valence-corrected chi connectivity index (χ1v) is 10.9. The molecule has 1 atom stereocenters. The Balaban J connectivity index is 1.65. The van der Waals surface area contributed by atoms with Crippen LogP contribution in [0, 0.1) is 13.8 Å². The fourth-order valence-electron chi connectivity index (χ4n) is 4.15. The van der Waals surface area contributed by atoms with E-state index in [0.29, 0.717) is 11.7 Å². The van der Waals surface area contributed by atoms with E-state index in [-0.39, 0.29) is 6.03 Å². The first kappa shape index (κ1) is 20.7. The Labute approximate surface area is 192 Å². The lowest BCUT2D eigenvalue weighted by Gasteiger charge is -2.35. The average Bonchev–Trinajstić information content (AvgIpc) is 3.30. The molecule has 2 heterocycles. The lowest BCUT2D eigenvalue weighted by Crippen LogP contribution is -2.46. The number of nitrogens with one attached hydrogen (secondary N) is 1. The molecule has 6 heteroatoms. The number of aryl methyl sites for hydroxylation is 2. The van der Waals surface area contributed by atoms with E-state index in [1.54, 1.807) is 4.90 Å². The standard InChI is InChI=1S/C27H24N4O2/c1-17-12-14-20(15-13-17)24-23(19(3)31(27(32)28-24)22-10-5-4-6-11-22)26-29-25(30-33-26)21-9-7-8-18(2)16-21/h4-16,24H,1-3H3,(H,28,32). The van der Waals surface area contributed by atoms with Gasteiger partial charge in [0.1, 0.15) is 0 Å². The molecule has 2 amide bonds. The molecule has 0 saturated heterocycles. The van der Waals surface area contributed by atoms with Crippen molar-refractivity contribution in [1.82, 2.24) is 15.5 Å². The first-order chi connectivity index (χ1) is 16.0. The zero-order chi connectivity index (χ0) is 22.9. The molecule has 3 aromatic carbocycles. The quantitative estimate of drug-likeness (QED) is 0.422.